The van der Waals surface area contributed by atoms with Crippen LogP contribution >= 0.6 is 11.8 Å². The fourth-order valence-electron chi connectivity index (χ4n) is 1.43. The number of ketones is 2. The summed E-state index contributed by atoms with van der Waals surface area (Å²) in [6, 6.07) is 7.61. The van der Waals surface area contributed by atoms with E-state index in [9.17, 15) is 9.59 Å². The summed E-state index contributed by atoms with van der Waals surface area (Å²) in [5.74, 6) is 0.103. The molecule has 0 atom stereocenters. The molecule has 1 aromatic carbocycles. The summed E-state index contributed by atoms with van der Waals surface area (Å²) in [7, 11) is 0. The van der Waals surface area contributed by atoms with Gasteiger partial charge in [-0.15, -0.1) is 11.8 Å². The zero-order chi connectivity index (χ0) is 12.8. The van der Waals surface area contributed by atoms with Gasteiger partial charge in [0.2, 0.25) is 0 Å². The zero-order valence-corrected chi connectivity index (χ0v) is 11.3. The van der Waals surface area contributed by atoms with Gasteiger partial charge >= 0.3 is 0 Å². The van der Waals surface area contributed by atoms with E-state index in [2.05, 4.69) is 13.8 Å². The Hall–Kier alpha value is -1.09. The molecule has 0 spiro atoms. The van der Waals surface area contributed by atoms with Crippen LogP contribution in [0, 0.1) is 0 Å². The van der Waals surface area contributed by atoms with Crippen LogP contribution in [0.25, 0.3) is 0 Å². The molecule has 3 heteroatoms. The molecule has 0 amide bonds. The van der Waals surface area contributed by atoms with Crippen molar-refractivity contribution in [3.05, 3.63) is 29.8 Å². The van der Waals surface area contributed by atoms with Gasteiger partial charge in [0.25, 0.3) is 0 Å². The average Bonchev–Trinajstić information content (AvgIpc) is 2.26. The molecule has 0 heterocycles. The molecule has 17 heavy (non-hydrogen) atoms. The van der Waals surface area contributed by atoms with Gasteiger partial charge in [-0.2, -0.15) is 0 Å². The van der Waals surface area contributed by atoms with Crippen molar-refractivity contribution in [1.82, 2.24) is 0 Å². The molecule has 0 unspecified atom stereocenters. The summed E-state index contributed by atoms with van der Waals surface area (Å²) in [6.07, 6.45) is 0.646. The fourth-order valence-corrected chi connectivity index (χ4v) is 2.26. The third-order valence-corrected chi connectivity index (χ3v) is 3.27. The summed E-state index contributed by atoms with van der Waals surface area (Å²) < 4.78 is 0. The van der Waals surface area contributed by atoms with Crippen molar-refractivity contribution in [1.29, 1.82) is 0 Å². The molecule has 0 bridgehead atoms. The van der Waals surface area contributed by atoms with Crippen molar-refractivity contribution in [3.8, 4) is 0 Å². The van der Waals surface area contributed by atoms with E-state index in [0.29, 0.717) is 23.7 Å². The molecule has 0 aliphatic heterocycles. The molecular formula is C14H18O2S. The van der Waals surface area contributed by atoms with Crippen LogP contribution in [0.5, 0.6) is 0 Å². The van der Waals surface area contributed by atoms with Crippen molar-refractivity contribution >= 4 is 23.3 Å². The molecule has 0 aromatic heterocycles. The largest absolute Gasteiger partial charge is 0.300 e. The van der Waals surface area contributed by atoms with E-state index in [1.54, 1.807) is 11.8 Å². The Morgan fingerprint density at radius 2 is 1.71 bits per heavy atom. The van der Waals surface area contributed by atoms with Crippen molar-refractivity contribution in [2.75, 3.05) is 0 Å². The topological polar surface area (TPSA) is 34.1 Å². The normalized spacial score (nSPS) is 10.6. The number of thioether (sulfide) groups is 1. The highest BCUT2D eigenvalue weighted by Gasteiger charge is 2.07. The zero-order valence-electron chi connectivity index (χ0n) is 10.5. The van der Waals surface area contributed by atoms with Crippen molar-refractivity contribution in [2.45, 2.75) is 43.8 Å². The Balaban J connectivity index is 2.60. The minimum absolute atomic E-state index is 0.0429. The molecule has 92 valence electrons. The molecule has 0 radical (unpaired) electrons. The smallest absolute Gasteiger partial charge is 0.163 e. The van der Waals surface area contributed by atoms with Crippen LogP contribution in [0.2, 0.25) is 0 Å². The van der Waals surface area contributed by atoms with Crippen LogP contribution in [0.3, 0.4) is 0 Å². The van der Waals surface area contributed by atoms with Crippen molar-refractivity contribution in [3.63, 3.8) is 0 Å². The van der Waals surface area contributed by atoms with Crippen LogP contribution in [0.1, 0.15) is 44.0 Å². The number of Topliss-reactive ketones (excluding diaryl/α,β-unsaturated/α-hetero) is 2. The monoisotopic (exact) mass is 250 g/mol. The molecule has 0 saturated carbocycles. The SMILES string of the molecule is CC(=O)CCC(=O)c1ccc(SC(C)C)cc1. The lowest BCUT2D eigenvalue weighted by Gasteiger charge is -2.05. The van der Waals surface area contributed by atoms with Crippen LogP contribution in [-0.2, 0) is 4.79 Å². The van der Waals surface area contributed by atoms with Gasteiger partial charge in [0.05, 0.1) is 0 Å². The number of rotatable bonds is 6. The number of hydrogen-bond donors (Lipinski definition) is 0. The van der Waals surface area contributed by atoms with Gasteiger partial charge in [-0.05, 0) is 19.1 Å². The van der Waals surface area contributed by atoms with Gasteiger partial charge < -0.3 is 4.79 Å². The molecule has 0 aliphatic carbocycles. The van der Waals surface area contributed by atoms with Gasteiger partial charge in [0, 0.05) is 28.6 Å². The first-order valence-electron chi connectivity index (χ1n) is 5.78. The lowest BCUT2D eigenvalue weighted by atomic mass is 10.1. The predicted molar refractivity (Wildman–Crippen MR) is 71.7 cm³/mol. The second-order valence-electron chi connectivity index (χ2n) is 4.32. The number of hydrogen-bond acceptors (Lipinski definition) is 3. The standard InChI is InChI=1S/C14H18O2S/c1-10(2)17-13-7-5-12(6-8-13)14(16)9-4-11(3)15/h5-8,10H,4,9H2,1-3H3. The molecule has 0 N–H and O–H groups in total. The Labute approximate surface area is 107 Å². The quantitative estimate of drug-likeness (QED) is 0.569. The Morgan fingerprint density at radius 3 is 2.18 bits per heavy atom. The summed E-state index contributed by atoms with van der Waals surface area (Å²) in [5, 5.41) is 0.536. The second kappa shape index (κ2) is 6.60. The van der Waals surface area contributed by atoms with Gasteiger partial charge in [-0.1, -0.05) is 26.0 Å². The summed E-state index contributed by atoms with van der Waals surface area (Å²) in [4.78, 5) is 23.7. The molecule has 0 fully saturated rings. The highest BCUT2D eigenvalue weighted by Crippen LogP contribution is 2.23. The fraction of sp³-hybridized carbons (Fsp3) is 0.429. The molecule has 0 saturated heterocycles. The van der Waals surface area contributed by atoms with Crippen molar-refractivity contribution < 1.29 is 9.59 Å². The highest BCUT2D eigenvalue weighted by molar-refractivity contribution is 7.99. The summed E-state index contributed by atoms with van der Waals surface area (Å²) in [6.45, 7) is 5.78. The number of benzene rings is 1. The maximum absolute atomic E-state index is 11.7. The van der Waals surface area contributed by atoms with Crippen molar-refractivity contribution in [2.24, 2.45) is 0 Å². The first-order chi connectivity index (χ1) is 7.99. The van der Waals surface area contributed by atoms with Crippen LogP contribution < -0.4 is 0 Å². The van der Waals surface area contributed by atoms with Gasteiger partial charge in [0.15, 0.2) is 5.78 Å². The second-order valence-corrected chi connectivity index (χ2v) is 5.97. The third kappa shape index (κ3) is 5.18. The Morgan fingerprint density at radius 1 is 1.12 bits per heavy atom. The lowest BCUT2D eigenvalue weighted by molar-refractivity contribution is -0.116. The van der Waals surface area contributed by atoms with E-state index in [1.807, 2.05) is 24.3 Å². The first-order valence-corrected chi connectivity index (χ1v) is 6.66. The molecule has 1 aromatic rings. The molecule has 1 rings (SSSR count). The lowest BCUT2D eigenvalue weighted by Crippen LogP contribution is -2.02. The van der Waals surface area contributed by atoms with E-state index in [4.69, 9.17) is 0 Å². The summed E-state index contributed by atoms with van der Waals surface area (Å²) >= 11 is 1.77. The third-order valence-electron chi connectivity index (χ3n) is 2.25. The Kier molecular flexibility index (Phi) is 5.42. The predicted octanol–water partition coefficient (Wildman–Crippen LogP) is 3.74. The average molecular weight is 250 g/mol. The molecular weight excluding hydrogens is 232 g/mol. The van der Waals surface area contributed by atoms with E-state index in [0.717, 1.165) is 0 Å². The highest BCUT2D eigenvalue weighted by atomic mass is 32.2. The number of carbonyl (C=O) groups is 2. The minimum atomic E-state index is 0.0429. The van der Waals surface area contributed by atoms with Crippen LogP contribution in [0.15, 0.2) is 29.2 Å². The Bertz CT molecular complexity index is 393. The first kappa shape index (κ1) is 14.0. The van der Waals surface area contributed by atoms with Crippen LogP contribution in [0.4, 0.5) is 0 Å². The van der Waals surface area contributed by atoms with Crippen LogP contribution in [-0.4, -0.2) is 16.8 Å². The summed E-state index contributed by atoms with van der Waals surface area (Å²) in [5.41, 5.74) is 0.694. The van der Waals surface area contributed by atoms with E-state index in [1.165, 1.54) is 11.8 Å². The number of carbonyl (C=O) groups excluding carboxylic acids is 2. The maximum atomic E-state index is 11.7. The molecule has 2 nitrogen and oxygen atoms in total. The molecule has 0 aliphatic rings. The maximum Gasteiger partial charge on any atom is 0.163 e. The van der Waals surface area contributed by atoms with Gasteiger partial charge in [0.1, 0.15) is 5.78 Å². The van der Waals surface area contributed by atoms with E-state index in [-0.39, 0.29) is 11.6 Å². The van der Waals surface area contributed by atoms with E-state index < -0.39 is 0 Å². The van der Waals surface area contributed by atoms with E-state index >= 15 is 0 Å². The van der Waals surface area contributed by atoms with Gasteiger partial charge in [-0.25, -0.2) is 0 Å². The van der Waals surface area contributed by atoms with Gasteiger partial charge in [-0.3, -0.25) is 4.79 Å². The minimum Gasteiger partial charge on any atom is -0.300 e.